The van der Waals surface area contributed by atoms with Gasteiger partial charge in [0.1, 0.15) is 11.4 Å². The Balaban J connectivity index is 2.75. The van der Waals surface area contributed by atoms with Crippen LogP contribution in [0.15, 0.2) is 24.3 Å². The normalized spacial score (nSPS) is 12.9. The fourth-order valence-electron chi connectivity index (χ4n) is 1.78. The zero-order chi connectivity index (χ0) is 16.8. The van der Waals surface area contributed by atoms with Crippen LogP contribution in [0.25, 0.3) is 0 Å². The first kappa shape index (κ1) is 18.2. The van der Waals surface area contributed by atoms with Crippen molar-refractivity contribution >= 4 is 6.09 Å². The molecule has 1 atom stereocenters. The number of hydrogen-bond donors (Lipinski definition) is 2. The standard InChI is InChI=1S/C15H21F2NO4/c1-15(2,3)22-14(20)18-12(8-9-19)10-4-6-11(7-5-10)21-13(16)17/h4-7,12-13,19H,8-9H2,1-3H3,(H,18,20)/t12-/m1/s1. The highest BCUT2D eigenvalue weighted by Gasteiger charge is 2.20. The molecule has 0 fully saturated rings. The molecule has 7 heteroatoms. The number of halogens is 2. The second-order valence-corrected chi connectivity index (χ2v) is 5.66. The summed E-state index contributed by atoms with van der Waals surface area (Å²) in [4.78, 5) is 11.8. The summed E-state index contributed by atoms with van der Waals surface area (Å²) in [5.41, 5.74) is 0.0181. The van der Waals surface area contributed by atoms with E-state index < -0.39 is 24.3 Å². The molecule has 1 aromatic rings. The summed E-state index contributed by atoms with van der Waals surface area (Å²) in [6.45, 7) is 2.19. The summed E-state index contributed by atoms with van der Waals surface area (Å²) in [6.07, 6.45) is -0.340. The number of nitrogens with one attached hydrogen (secondary N) is 1. The van der Waals surface area contributed by atoms with E-state index in [0.29, 0.717) is 5.56 Å². The number of carbonyl (C=O) groups is 1. The smallest absolute Gasteiger partial charge is 0.408 e. The van der Waals surface area contributed by atoms with Crippen LogP contribution < -0.4 is 10.1 Å². The van der Waals surface area contributed by atoms with Gasteiger partial charge in [0, 0.05) is 6.61 Å². The second-order valence-electron chi connectivity index (χ2n) is 5.66. The monoisotopic (exact) mass is 317 g/mol. The minimum absolute atomic E-state index is 0.0266. The first-order valence-corrected chi connectivity index (χ1v) is 6.86. The van der Waals surface area contributed by atoms with Crippen LogP contribution in [0, 0.1) is 0 Å². The molecule has 1 amide bonds. The number of carbonyl (C=O) groups excluding carboxylic acids is 1. The Bertz CT molecular complexity index is 471. The van der Waals surface area contributed by atoms with Gasteiger partial charge in [-0.2, -0.15) is 8.78 Å². The first-order valence-electron chi connectivity index (χ1n) is 6.86. The molecular formula is C15H21F2NO4. The predicted molar refractivity (Wildman–Crippen MR) is 76.9 cm³/mol. The molecule has 5 nitrogen and oxygen atoms in total. The van der Waals surface area contributed by atoms with Gasteiger partial charge >= 0.3 is 12.7 Å². The molecule has 0 aliphatic heterocycles. The summed E-state index contributed by atoms with van der Waals surface area (Å²) in [5.74, 6) is 0.0266. The molecule has 0 aromatic heterocycles. The number of rotatable bonds is 6. The van der Waals surface area contributed by atoms with Crippen molar-refractivity contribution in [3.63, 3.8) is 0 Å². The van der Waals surface area contributed by atoms with Crippen molar-refractivity contribution in [2.24, 2.45) is 0 Å². The largest absolute Gasteiger partial charge is 0.444 e. The van der Waals surface area contributed by atoms with Crippen LogP contribution >= 0.6 is 0 Å². The number of alkyl carbamates (subject to hydrolysis) is 1. The SMILES string of the molecule is CC(C)(C)OC(=O)N[C@H](CCO)c1ccc(OC(F)F)cc1. The van der Waals surface area contributed by atoms with Crippen LogP contribution in [0.4, 0.5) is 13.6 Å². The molecule has 0 saturated carbocycles. The fourth-order valence-corrected chi connectivity index (χ4v) is 1.78. The maximum absolute atomic E-state index is 12.1. The van der Waals surface area contributed by atoms with Gasteiger partial charge < -0.3 is 19.9 Å². The number of aliphatic hydroxyl groups is 1. The molecular weight excluding hydrogens is 296 g/mol. The van der Waals surface area contributed by atoms with E-state index >= 15 is 0 Å². The minimum atomic E-state index is -2.89. The molecule has 2 N–H and O–H groups in total. The lowest BCUT2D eigenvalue weighted by molar-refractivity contribution is -0.0498. The number of aliphatic hydroxyl groups excluding tert-OH is 1. The third-order valence-electron chi connectivity index (χ3n) is 2.62. The van der Waals surface area contributed by atoms with Crippen molar-refractivity contribution < 1.29 is 28.2 Å². The summed E-state index contributed by atoms with van der Waals surface area (Å²) in [6, 6.07) is 5.37. The summed E-state index contributed by atoms with van der Waals surface area (Å²) >= 11 is 0. The molecule has 0 saturated heterocycles. The minimum Gasteiger partial charge on any atom is -0.444 e. The second kappa shape index (κ2) is 7.93. The van der Waals surface area contributed by atoms with E-state index in [-0.39, 0.29) is 18.8 Å². The first-order chi connectivity index (χ1) is 10.2. The maximum Gasteiger partial charge on any atom is 0.408 e. The Morgan fingerprint density at radius 1 is 1.27 bits per heavy atom. The van der Waals surface area contributed by atoms with Gasteiger partial charge in [0.05, 0.1) is 6.04 Å². The highest BCUT2D eigenvalue weighted by atomic mass is 19.3. The lowest BCUT2D eigenvalue weighted by atomic mass is 10.0. The van der Waals surface area contributed by atoms with E-state index in [2.05, 4.69) is 10.1 Å². The van der Waals surface area contributed by atoms with Gasteiger partial charge in [0.25, 0.3) is 0 Å². The molecule has 0 spiro atoms. The number of ether oxygens (including phenoxy) is 2. The summed E-state index contributed by atoms with van der Waals surface area (Å²) < 4.78 is 33.6. The average Bonchev–Trinajstić information content (AvgIpc) is 2.36. The fraction of sp³-hybridized carbons (Fsp3) is 0.533. The molecule has 22 heavy (non-hydrogen) atoms. The highest BCUT2D eigenvalue weighted by Crippen LogP contribution is 2.22. The quantitative estimate of drug-likeness (QED) is 0.845. The topological polar surface area (TPSA) is 67.8 Å². The Hall–Kier alpha value is -1.89. The third kappa shape index (κ3) is 6.71. The van der Waals surface area contributed by atoms with Crippen molar-refractivity contribution in [1.82, 2.24) is 5.32 Å². The van der Waals surface area contributed by atoms with Crippen molar-refractivity contribution in [1.29, 1.82) is 0 Å². The zero-order valence-electron chi connectivity index (χ0n) is 12.8. The van der Waals surface area contributed by atoms with E-state index in [1.165, 1.54) is 12.1 Å². The average molecular weight is 317 g/mol. The molecule has 1 aromatic carbocycles. The van der Waals surface area contributed by atoms with Crippen molar-refractivity contribution in [3.8, 4) is 5.75 Å². The van der Waals surface area contributed by atoms with Gasteiger partial charge in [-0.3, -0.25) is 0 Å². The van der Waals surface area contributed by atoms with Gasteiger partial charge in [-0.05, 0) is 44.9 Å². The van der Waals surface area contributed by atoms with Gasteiger partial charge in [0.2, 0.25) is 0 Å². The Kier molecular flexibility index (Phi) is 6.55. The van der Waals surface area contributed by atoms with Gasteiger partial charge in [-0.1, -0.05) is 12.1 Å². The maximum atomic E-state index is 12.1. The summed E-state index contributed by atoms with van der Waals surface area (Å²) in [7, 11) is 0. The van der Waals surface area contributed by atoms with E-state index in [1.807, 2.05) is 0 Å². The van der Waals surface area contributed by atoms with Crippen LogP contribution in [0.1, 0.15) is 38.8 Å². The summed E-state index contributed by atoms with van der Waals surface area (Å²) in [5, 5.41) is 11.7. The van der Waals surface area contributed by atoms with Crippen LogP contribution in [0.2, 0.25) is 0 Å². The molecule has 0 aliphatic carbocycles. The van der Waals surface area contributed by atoms with Crippen LogP contribution in [0.5, 0.6) is 5.75 Å². The zero-order valence-corrected chi connectivity index (χ0v) is 12.8. The molecule has 0 heterocycles. The predicted octanol–water partition coefficient (Wildman–Crippen LogP) is 3.24. The lowest BCUT2D eigenvalue weighted by Crippen LogP contribution is -2.35. The third-order valence-corrected chi connectivity index (χ3v) is 2.62. The van der Waals surface area contributed by atoms with E-state index in [0.717, 1.165) is 0 Å². The van der Waals surface area contributed by atoms with Gasteiger partial charge in [-0.25, -0.2) is 4.79 Å². The van der Waals surface area contributed by atoms with Crippen LogP contribution in [-0.2, 0) is 4.74 Å². The molecule has 1 rings (SSSR count). The van der Waals surface area contributed by atoms with E-state index in [9.17, 15) is 13.6 Å². The molecule has 0 unspecified atom stereocenters. The van der Waals surface area contributed by atoms with E-state index in [4.69, 9.17) is 9.84 Å². The molecule has 0 aliphatic rings. The van der Waals surface area contributed by atoms with Crippen molar-refractivity contribution in [2.45, 2.75) is 45.4 Å². The lowest BCUT2D eigenvalue weighted by Gasteiger charge is -2.23. The number of alkyl halides is 2. The van der Waals surface area contributed by atoms with Crippen molar-refractivity contribution in [3.05, 3.63) is 29.8 Å². The molecule has 0 bridgehead atoms. The molecule has 0 radical (unpaired) electrons. The number of amides is 1. The number of benzene rings is 1. The Morgan fingerprint density at radius 2 is 1.86 bits per heavy atom. The Labute approximate surface area is 128 Å². The van der Waals surface area contributed by atoms with Gasteiger partial charge in [-0.15, -0.1) is 0 Å². The van der Waals surface area contributed by atoms with Crippen LogP contribution in [0.3, 0.4) is 0 Å². The van der Waals surface area contributed by atoms with Crippen LogP contribution in [-0.4, -0.2) is 30.0 Å². The van der Waals surface area contributed by atoms with E-state index in [1.54, 1.807) is 32.9 Å². The van der Waals surface area contributed by atoms with Gasteiger partial charge in [0.15, 0.2) is 0 Å². The molecule has 124 valence electrons. The van der Waals surface area contributed by atoms with Crippen molar-refractivity contribution in [2.75, 3.05) is 6.61 Å². The highest BCUT2D eigenvalue weighted by molar-refractivity contribution is 5.68. The number of hydrogen-bond acceptors (Lipinski definition) is 4. The Morgan fingerprint density at radius 3 is 2.32 bits per heavy atom.